The van der Waals surface area contributed by atoms with E-state index in [0.29, 0.717) is 31.1 Å². The highest BCUT2D eigenvalue weighted by Crippen LogP contribution is 2.34. The number of rotatable bonds is 4. The van der Waals surface area contributed by atoms with Gasteiger partial charge in [-0.05, 0) is 36.5 Å². The van der Waals surface area contributed by atoms with Crippen LogP contribution in [0.3, 0.4) is 0 Å². The van der Waals surface area contributed by atoms with Gasteiger partial charge in [0, 0.05) is 52.6 Å². The lowest BCUT2D eigenvalue weighted by molar-refractivity contribution is -0.110. The van der Waals surface area contributed by atoms with Gasteiger partial charge in [-0.25, -0.2) is 4.79 Å². The van der Waals surface area contributed by atoms with Crippen molar-refractivity contribution in [2.75, 3.05) is 50.5 Å². The molecule has 0 bridgehead atoms. The number of allylic oxidation sites excluding steroid dienone is 1. The van der Waals surface area contributed by atoms with Crippen molar-refractivity contribution in [2.24, 2.45) is 10.9 Å². The van der Waals surface area contributed by atoms with Crippen molar-refractivity contribution in [3.05, 3.63) is 47.1 Å². The summed E-state index contributed by atoms with van der Waals surface area (Å²) in [6.45, 7) is 12.6. The Labute approximate surface area is 189 Å². The molecule has 0 atom stereocenters. The SMILES string of the molecule is [C-]#[N+]C1=CCC(C(=O)Nc2ccc(C3CN(C)C(=O)N(C)C3)cc2N2CCC(C)CC2)=N1. The van der Waals surface area contributed by atoms with Gasteiger partial charge in [0.15, 0.2) is 5.71 Å². The number of aliphatic imine (C=N–C) groups is 1. The number of nitrogens with one attached hydrogen (secondary N) is 1. The molecule has 0 spiro atoms. The number of likely N-dealkylation sites (N-methyl/N-ethyl adjacent to an activating group) is 2. The topological polar surface area (TPSA) is 72.6 Å². The normalized spacial score (nSPS) is 20.2. The molecule has 8 nitrogen and oxygen atoms in total. The van der Waals surface area contributed by atoms with Crippen molar-refractivity contribution in [2.45, 2.75) is 32.1 Å². The number of benzene rings is 1. The first-order valence-corrected chi connectivity index (χ1v) is 11.2. The maximum Gasteiger partial charge on any atom is 0.319 e. The number of amides is 3. The van der Waals surface area contributed by atoms with Gasteiger partial charge in [0.05, 0.1) is 11.4 Å². The van der Waals surface area contributed by atoms with Crippen LogP contribution in [0.4, 0.5) is 16.2 Å². The molecule has 3 amide bonds. The quantitative estimate of drug-likeness (QED) is 0.737. The Kier molecular flexibility index (Phi) is 6.17. The summed E-state index contributed by atoms with van der Waals surface area (Å²) in [7, 11) is 3.67. The van der Waals surface area contributed by atoms with Gasteiger partial charge < -0.3 is 24.9 Å². The lowest BCUT2D eigenvalue weighted by atomic mass is 9.94. The van der Waals surface area contributed by atoms with Gasteiger partial charge in [0.25, 0.3) is 11.7 Å². The summed E-state index contributed by atoms with van der Waals surface area (Å²) in [5.74, 6) is 0.919. The summed E-state index contributed by atoms with van der Waals surface area (Å²) in [5, 5.41) is 3.04. The summed E-state index contributed by atoms with van der Waals surface area (Å²) >= 11 is 0. The number of urea groups is 1. The largest absolute Gasteiger partial charge is 0.370 e. The molecule has 2 fully saturated rings. The average Bonchev–Trinajstić information content (AvgIpc) is 3.27. The van der Waals surface area contributed by atoms with Crippen molar-refractivity contribution in [1.82, 2.24) is 9.80 Å². The molecule has 0 saturated carbocycles. The minimum atomic E-state index is -0.262. The number of carbonyl (C=O) groups excluding carboxylic acids is 2. The highest BCUT2D eigenvalue weighted by molar-refractivity contribution is 6.44. The molecule has 3 heterocycles. The molecule has 0 aliphatic carbocycles. The van der Waals surface area contributed by atoms with Crippen LogP contribution in [-0.2, 0) is 4.79 Å². The van der Waals surface area contributed by atoms with Gasteiger partial charge in [-0.2, -0.15) is 0 Å². The van der Waals surface area contributed by atoms with Crippen LogP contribution in [0.5, 0.6) is 0 Å². The standard InChI is InChI=1S/C24H30N6O2/c1-16-9-11-30(12-10-16)21-13-17(18-14-28(3)24(32)29(4)15-18)5-6-19(21)27-23(31)20-7-8-22(25-2)26-20/h5-6,8,13,16,18H,7,9-12,14-15H2,1,3-4H3,(H,27,31). The minimum absolute atomic E-state index is 0.0418. The Balaban J connectivity index is 1.60. The van der Waals surface area contributed by atoms with Crippen LogP contribution < -0.4 is 10.2 Å². The zero-order chi connectivity index (χ0) is 22.8. The van der Waals surface area contributed by atoms with E-state index in [2.05, 4.69) is 33.0 Å². The van der Waals surface area contributed by atoms with E-state index in [0.717, 1.165) is 42.9 Å². The maximum absolute atomic E-state index is 12.8. The average molecular weight is 435 g/mol. The molecule has 8 heteroatoms. The number of carbonyl (C=O) groups is 2. The van der Waals surface area contributed by atoms with Crippen LogP contribution in [0.15, 0.2) is 35.1 Å². The molecule has 0 aromatic heterocycles. The maximum atomic E-state index is 12.8. The number of anilines is 2. The Morgan fingerprint density at radius 3 is 2.50 bits per heavy atom. The van der Waals surface area contributed by atoms with Gasteiger partial charge in [0.2, 0.25) is 0 Å². The van der Waals surface area contributed by atoms with Crippen molar-refractivity contribution in [1.29, 1.82) is 0 Å². The predicted molar refractivity (Wildman–Crippen MR) is 126 cm³/mol. The fourth-order valence-electron chi connectivity index (χ4n) is 4.62. The fourth-order valence-corrected chi connectivity index (χ4v) is 4.62. The molecule has 168 valence electrons. The third-order valence-electron chi connectivity index (χ3n) is 6.61. The van der Waals surface area contributed by atoms with Gasteiger partial charge in [-0.1, -0.05) is 25.6 Å². The number of hydrogen-bond acceptors (Lipinski definition) is 4. The van der Waals surface area contributed by atoms with Crippen LogP contribution in [0.1, 0.15) is 37.7 Å². The minimum Gasteiger partial charge on any atom is -0.370 e. The van der Waals surface area contributed by atoms with E-state index < -0.39 is 0 Å². The lowest BCUT2D eigenvalue weighted by Crippen LogP contribution is -2.49. The zero-order valence-electron chi connectivity index (χ0n) is 19.0. The predicted octanol–water partition coefficient (Wildman–Crippen LogP) is 3.55. The fraction of sp³-hybridized carbons (Fsp3) is 0.500. The summed E-state index contributed by atoms with van der Waals surface area (Å²) in [6, 6.07) is 6.23. The summed E-state index contributed by atoms with van der Waals surface area (Å²) < 4.78 is 0. The van der Waals surface area contributed by atoms with E-state index in [1.807, 2.05) is 26.2 Å². The van der Waals surface area contributed by atoms with E-state index in [9.17, 15) is 9.59 Å². The van der Waals surface area contributed by atoms with Crippen LogP contribution in [0.2, 0.25) is 0 Å². The Hall–Kier alpha value is -3.34. The highest BCUT2D eigenvalue weighted by Gasteiger charge is 2.30. The second-order valence-corrected chi connectivity index (χ2v) is 9.08. The molecule has 3 aliphatic rings. The van der Waals surface area contributed by atoms with Crippen molar-refractivity contribution in [3.8, 4) is 0 Å². The molecule has 2 saturated heterocycles. The molecule has 0 unspecified atom stereocenters. The van der Waals surface area contributed by atoms with Gasteiger partial charge >= 0.3 is 6.03 Å². The van der Waals surface area contributed by atoms with E-state index in [4.69, 9.17) is 6.57 Å². The highest BCUT2D eigenvalue weighted by atomic mass is 16.2. The third-order valence-corrected chi connectivity index (χ3v) is 6.61. The Morgan fingerprint density at radius 1 is 1.19 bits per heavy atom. The second-order valence-electron chi connectivity index (χ2n) is 9.08. The van der Waals surface area contributed by atoms with Crippen LogP contribution >= 0.6 is 0 Å². The first-order valence-electron chi connectivity index (χ1n) is 11.2. The number of hydrogen-bond donors (Lipinski definition) is 1. The van der Waals surface area contributed by atoms with Crippen molar-refractivity contribution in [3.63, 3.8) is 0 Å². The molecule has 1 N–H and O–H groups in total. The Morgan fingerprint density at radius 2 is 1.88 bits per heavy atom. The summed E-state index contributed by atoms with van der Waals surface area (Å²) in [5.41, 5.74) is 3.31. The molecule has 32 heavy (non-hydrogen) atoms. The van der Waals surface area contributed by atoms with Crippen molar-refractivity contribution < 1.29 is 9.59 Å². The molecular formula is C24H30N6O2. The summed E-state index contributed by atoms with van der Waals surface area (Å²) in [4.78, 5) is 38.3. The van der Waals surface area contributed by atoms with E-state index >= 15 is 0 Å². The molecule has 4 rings (SSSR count). The summed E-state index contributed by atoms with van der Waals surface area (Å²) in [6.07, 6.45) is 4.29. The molecule has 1 aromatic carbocycles. The third kappa shape index (κ3) is 4.47. The van der Waals surface area contributed by atoms with Crippen LogP contribution in [0, 0.1) is 12.5 Å². The van der Waals surface area contributed by atoms with E-state index in [1.54, 1.807) is 15.9 Å². The molecule has 0 radical (unpaired) electrons. The van der Waals surface area contributed by atoms with Gasteiger partial charge in [0.1, 0.15) is 0 Å². The van der Waals surface area contributed by atoms with E-state index in [-0.39, 0.29) is 23.7 Å². The van der Waals surface area contributed by atoms with E-state index in [1.165, 1.54) is 0 Å². The monoisotopic (exact) mass is 434 g/mol. The number of nitrogens with zero attached hydrogens (tertiary/aromatic N) is 5. The first-order chi connectivity index (χ1) is 15.4. The lowest BCUT2D eigenvalue weighted by Gasteiger charge is -2.38. The zero-order valence-corrected chi connectivity index (χ0v) is 19.0. The number of piperidine rings is 1. The van der Waals surface area contributed by atoms with Crippen molar-refractivity contribution >= 4 is 29.0 Å². The van der Waals surface area contributed by atoms with Gasteiger partial charge in [-0.15, -0.1) is 4.99 Å². The Bertz CT molecular complexity index is 1000. The van der Waals surface area contributed by atoms with Gasteiger partial charge in [-0.3, -0.25) is 4.79 Å². The van der Waals surface area contributed by atoms with Crippen LogP contribution in [0.25, 0.3) is 4.85 Å². The smallest absolute Gasteiger partial charge is 0.319 e. The van der Waals surface area contributed by atoms with Crippen LogP contribution in [-0.4, -0.2) is 67.7 Å². The first kappa shape index (κ1) is 21.9. The molecule has 1 aromatic rings. The molecule has 3 aliphatic heterocycles. The second kappa shape index (κ2) is 9.03. The molecular weight excluding hydrogens is 404 g/mol.